The normalized spacial score (nSPS) is 10.5. The molecule has 3 rings (SSSR count). The second kappa shape index (κ2) is 9.53. The van der Waals surface area contributed by atoms with E-state index in [1.54, 1.807) is 0 Å². The molecule has 27 heavy (non-hydrogen) atoms. The molecule has 1 N–H and O–H groups in total. The average Bonchev–Trinajstić information content (AvgIpc) is 2.71. The Bertz CT molecular complexity index is 900. The Morgan fingerprint density at radius 1 is 0.815 bits per heavy atom. The third-order valence-electron chi connectivity index (χ3n) is 4.34. The van der Waals surface area contributed by atoms with Crippen LogP contribution in [0.5, 0.6) is 0 Å². The maximum atomic E-state index is 12.2. The van der Waals surface area contributed by atoms with E-state index in [2.05, 4.69) is 17.4 Å². The van der Waals surface area contributed by atoms with Gasteiger partial charge in [-0.2, -0.15) is 0 Å². The molecule has 0 bridgehead atoms. The third-order valence-corrected chi connectivity index (χ3v) is 4.34. The number of esters is 1. The zero-order valence-corrected chi connectivity index (χ0v) is 15.2. The summed E-state index contributed by atoms with van der Waals surface area (Å²) in [6.07, 6.45) is 1.84. The van der Waals surface area contributed by atoms with Gasteiger partial charge in [-0.25, -0.2) is 0 Å². The second-order valence-corrected chi connectivity index (χ2v) is 6.38. The molecule has 3 aromatic rings. The van der Waals surface area contributed by atoms with E-state index in [0.717, 1.165) is 29.3 Å². The molecule has 0 heterocycles. The summed E-state index contributed by atoms with van der Waals surface area (Å²) in [6.45, 7) is 0.374. The van der Waals surface area contributed by atoms with Gasteiger partial charge in [0.15, 0.2) is 0 Å². The zero-order chi connectivity index (χ0) is 18.9. The van der Waals surface area contributed by atoms with Gasteiger partial charge in [0.05, 0.1) is 13.0 Å². The summed E-state index contributed by atoms with van der Waals surface area (Å²) in [6, 6.07) is 23.7. The lowest BCUT2D eigenvalue weighted by atomic mass is 10.1. The molecule has 0 saturated heterocycles. The first-order valence-corrected chi connectivity index (χ1v) is 9.19. The lowest BCUT2D eigenvalue weighted by Crippen LogP contribution is -2.15. The van der Waals surface area contributed by atoms with Crippen molar-refractivity contribution < 1.29 is 14.3 Å². The quantitative estimate of drug-likeness (QED) is 0.466. The molecular formula is C23H23NO3. The van der Waals surface area contributed by atoms with Gasteiger partial charge >= 0.3 is 5.97 Å². The van der Waals surface area contributed by atoms with Crippen LogP contribution >= 0.6 is 0 Å². The van der Waals surface area contributed by atoms with Gasteiger partial charge in [-0.15, -0.1) is 0 Å². The number of fused-ring (bicyclic) bond motifs is 1. The van der Waals surface area contributed by atoms with E-state index >= 15 is 0 Å². The van der Waals surface area contributed by atoms with E-state index < -0.39 is 0 Å². The van der Waals surface area contributed by atoms with Gasteiger partial charge in [-0.05, 0) is 29.9 Å². The first-order valence-electron chi connectivity index (χ1n) is 9.19. The van der Waals surface area contributed by atoms with Gasteiger partial charge in [0.2, 0.25) is 5.91 Å². The fraction of sp³-hybridized carbons (Fsp3) is 0.217. The van der Waals surface area contributed by atoms with Gasteiger partial charge in [-0.3, -0.25) is 9.59 Å². The van der Waals surface area contributed by atoms with Crippen LogP contribution in [0.1, 0.15) is 24.8 Å². The summed E-state index contributed by atoms with van der Waals surface area (Å²) in [5.41, 5.74) is 1.98. The zero-order valence-electron chi connectivity index (χ0n) is 15.2. The number of hydrogen-bond donors (Lipinski definition) is 1. The highest BCUT2D eigenvalue weighted by Gasteiger charge is 2.10. The van der Waals surface area contributed by atoms with Crippen molar-refractivity contribution in [3.8, 4) is 0 Å². The minimum absolute atomic E-state index is 0.0853. The summed E-state index contributed by atoms with van der Waals surface area (Å²) >= 11 is 0. The molecule has 1 amide bonds. The largest absolute Gasteiger partial charge is 0.466 e. The van der Waals surface area contributed by atoms with Crippen molar-refractivity contribution in [3.05, 3.63) is 78.4 Å². The van der Waals surface area contributed by atoms with Crippen molar-refractivity contribution in [2.24, 2.45) is 0 Å². The molecule has 4 heteroatoms. The Morgan fingerprint density at radius 2 is 1.56 bits per heavy atom. The molecule has 0 spiro atoms. The second-order valence-electron chi connectivity index (χ2n) is 6.38. The first-order chi connectivity index (χ1) is 13.2. The van der Waals surface area contributed by atoms with Crippen molar-refractivity contribution in [1.29, 1.82) is 0 Å². The molecule has 0 fully saturated rings. The highest BCUT2D eigenvalue weighted by atomic mass is 16.5. The van der Waals surface area contributed by atoms with Crippen LogP contribution < -0.4 is 5.32 Å². The van der Waals surface area contributed by atoms with Crippen LogP contribution in [0.25, 0.3) is 10.8 Å². The van der Waals surface area contributed by atoms with Gasteiger partial charge in [0.1, 0.15) is 0 Å². The highest BCUT2D eigenvalue weighted by molar-refractivity contribution is 6.02. The Hall–Kier alpha value is -3.14. The average molecular weight is 361 g/mol. The number of hydrogen-bond acceptors (Lipinski definition) is 3. The van der Waals surface area contributed by atoms with Crippen LogP contribution in [-0.2, 0) is 20.7 Å². The number of aryl methyl sites for hydroxylation is 1. The van der Waals surface area contributed by atoms with Crippen molar-refractivity contribution in [2.75, 3.05) is 11.9 Å². The number of amides is 1. The van der Waals surface area contributed by atoms with E-state index in [1.165, 1.54) is 5.56 Å². The summed E-state index contributed by atoms with van der Waals surface area (Å²) in [4.78, 5) is 24.0. The predicted octanol–water partition coefficient (Wildman–Crippen LogP) is 4.73. The highest BCUT2D eigenvalue weighted by Crippen LogP contribution is 2.23. The number of carbonyl (C=O) groups is 2. The predicted molar refractivity (Wildman–Crippen MR) is 108 cm³/mol. The molecule has 0 unspecified atom stereocenters. The van der Waals surface area contributed by atoms with Crippen LogP contribution in [0.4, 0.5) is 5.69 Å². The standard InChI is InChI=1S/C23H23NO3/c25-22(24-21-14-6-12-19-11-4-5-13-20(19)21)15-16-23(26)27-17-7-10-18-8-2-1-3-9-18/h1-6,8-9,11-14H,7,10,15-17H2,(H,24,25). The SMILES string of the molecule is O=C(CCC(=O)OCCCc1ccccc1)Nc1cccc2ccccc12. The minimum atomic E-state index is -0.337. The molecule has 4 nitrogen and oxygen atoms in total. The topological polar surface area (TPSA) is 55.4 Å². The molecule has 138 valence electrons. The molecule has 0 aromatic heterocycles. The van der Waals surface area contributed by atoms with E-state index in [4.69, 9.17) is 4.74 Å². The van der Waals surface area contributed by atoms with Crippen LogP contribution in [0.15, 0.2) is 72.8 Å². The Labute approximate surface area is 159 Å². The van der Waals surface area contributed by atoms with Crippen LogP contribution in [0, 0.1) is 0 Å². The Kier molecular flexibility index (Phi) is 6.58. The molecule has 0 saturated carbocycles. The molecule has 0 aliphatic carbocycles. The van der Waals surface area contributed by atoms with E-state index in [-0.39, 0.29) is 24.7 Å². The number of carbonyl (C=O) groups excluding carboxylic acids is 2. The number of ether oxygens (including phenoxy) is 1. The summed E-state index contributed by atoms with van der Waals surface area (Å²) in [5, 5.41) is 4.93. The monoisotopic (exact) mass is 361 g/mol. The number of nitrogens with one attached hydrogen (secondary N) is 1. The Morgan fingerprint density at radius 3 is 2.41 bits per heavy atom. The molecule has 0 aliphatic heterocycles. The first kappa shape index (κ1) is 18.6. The maximum absolute atomic E-state index is 12.2. The van der Waals surface area contributed by atoms with E-state index in [9.17, 15) is 9.59 Å². The fourth-order valence-electron chi connectivity index (χ4n) is 2.94. The van der Waals surface area contributed by atoms with Crippen LogP contribution in [0.3, 0.4) is 0 Å². The molecule has 3 aromatic carbocycles. The third kappa shape index (κ3) is 5.68. The van der Waals surface area contributed by atoms with Crippen LogP contribution in [-0.4, -0.2) is 18.5 Å². The summed E-state index contributed by atoms with van der Waals surface area (Å²) in [7, 11) is 0. The lowest BCUT2D eigenvalue weighted by molar-refractivity contribution is -0.144. The maximum Gasteiger partial charge on any atom is 0.306 e. The molecule has 0 radical (unpaired) electrons. The lowest BCUT2D eigenvalue weighted by Gasteiger charge is -2.09. The van der Waals surface area contributed by atoms with Gasteiger partial charge < -0.3 is 10.1 Å². The van der Waals surface area contributed by atoms with Crippen molar-refractivity contribution in [3.63, 3.8) is 0 Å². The number of rotatable bonds is 8. The number of anilines is 1. The van der Waals surface area contributed by atoms with Crippen molar-refractivity contribution >= 4 is 28.3 Å². The summed E-state index contributed by atoms with van der Waals surface area (Å²) in [5.74, 6) is -0.524. The smallest absolute Gasteiger partial charge is 0.306 e. The van der Waals surface area contributed by atoms with Crippen LogP contribution in [0.2, 0.25) is 0 Å². The molecular weight excluding hydrogens is 338 g/mol. The van der Waals surface area contributed by atoms with Crippen molar-refractivity contribution in [2.45, 2.75) is 25.7 Å². The van der Waals surface area contributed by atoms with Crippen molar-refractivity contribution in [1.82, 2.24) is 0 Å². The fourth-order valence-corrected chi connectivity index (χ4v) is 2.94. The van der Waals surface area contributed by atoms with E-state index in [0.29, 0.717) is 6.61 Å². The Balaban J connectivity index is 1.39. The van der Waals surface area contributed by atoms with E-state index in [1.807, 2.05) is 60.7 Å². The summed E-state index contributed by atoms with van der Waals surface area (Å²) < 4.78 is 5.22. The molecule has 0 atom stereocenters. The number of benzene rings is 3. The van der Waals surface area contributed by atoms with Gasteiger partial charge in [0.25, 0.3) is 0 Å². The molecule has 0 aliphatic rings. The van der Waals surface area contributed by atoms with Gasteiger partial charge in [-0.1, -0.05) is 66.7 Å². The van der Waals surface area contributed by atoms with Gasteiger partial charge in [0, 0.05) is 17.5 Å². The minimum Gasteiger partial charge on any atom is -0.466 e.